The molecule has 0 amide bonds. The second kappa shape index (κ2) is 2.43. The number of nitrogens with zero attached hydrogens (tertiary/aromatic N) is 2. The van der Waals surface area contributed by atoms with Crippen LogP contribution in [0.2, 0.25) is 0 Å². The van der Waals surface area contributed by atoms with Crippen molar-refractivity contribution in [3.63, 3.8) is 0 Å². The fourth-order valence-electron chi connectivity index (χ4n) is 1.91. The standard InChI is InChI=1S/C9H14N2/c1-6-7(2)11-9-5-3-4-8(9)10-6/h8-9H,3-5H2,1-2H3/t8-,9-/m0/s1. The molecule has 0 aromatic heterocycles. The molecule has 1 saturated carbocycles. The van der Waals surface area contributed by atoms with E-state index in [0.29, 0.717) is 12.1 Å². The van der Waals surface area contributed by atoms with Gasteiger partial charge in [-0.2, -0.15) is 0 Å². The average molecular weight is 150 g/mol. The van der Waals surface area contributed by atoms with Crippen LogP contribution >= 0.6 is 0 Å². The van der Waals surface area contributed by atoms with Crippen molar-refractivity contribution in [2.75, 3.05) is 0 Å². The molecule has 0 N–H and O–H groups in total. The Morgan fingerprint density at radius 2 is 1.45 bits per heavy atom. The van der Waals surface area contributed by atoms with Gasteiger partial charge < -0.3 is 0 Å². The molecule has 0 bridgehead atoms. The van der Waals surface area contributed by atoms with Crippen molar-refractivity contribution in [3.8, 4) is 0 Å². The van der Waals surface area contributed by atoms with Gasteiger partial charge in [0.05, 0.1) is 23.5 Å². The summed E-state index contributed by atoms with van der Waals surface area (Å²) < 4.78 is 0. The molecule has 1 heterocycles. The minimum Gasteiger partial charge on any atom is -0.283 e. The monoisotopic (exact) mass is 150 g/mol. The fourth-order valence-corrected chi connectivity index (χ4v) is 1.91. The van der Waals surface area contributed by atoms with Crippen molar-refractivity contribution in [1.29, 1.82) is 0 Å². The summed E-state index contributed by atoms with van der Waals surface area (Å²) in [6.45, 7) is 4.13. The molecule has 2 aliphatic rings. The molecular weight excluding hydrogens is 136 g/mol. The Kier molecular flexibility index (Phi) is 1.55. The topological polar surface area (TPSA) is 24.7 Å². The lowest BCUT2D eigenvalue weighted by molar-refractivity contribution is 0.602. The number of hydrogen-bond acceptors (Lipinski definition) is 2. The van der Waals surface area contributed by atoms with Crippen LogP contribution in [-0.2, 0) is 0 Å². The van der Waals surface area contributed by atoms with E-state index in [1.165, 1.54) is 19.3 Å². The molecule has 2 atom stereocenters. The highest BCUT2D eigenvalue weighted by Crippen LogP contribution is 2.27. The summed E-state index contributed by atoms with van der Waals surface area (Å²) in [4.78, 5) is 9.22. The van der Waals surface area contributed by atoms with Crippen LogP contribution < -0.4 is 0 Å². The van der Waals surface area contributed by atoms with Gasteiger partial charge in [-0.25, -0.2) is 0 Å². The second-order valence-electron chi connectivity index (χ2n) is 3.49. The van der Waals surface area contributed by atoms with E-state index in [1.807, 2.05) is 0 Å². The van der Waals surface area contributed by atoms with E-state index < -0.39 is 0 Å². The first-order valence-corrected chi connectivity index (χ1v) is 4.36. The smallest absolute Gasteiger partial charge is 0.0727 e. The minimum atomic E-state index is 0.527. The van der Waals surface area contributed by atoms with Crippen molar-refractivity contribution in [2.24, 2.45) is 9.98 Å². The summed E-state index contributed by atoms with van der Waals surface area (Å²) >= 11 is 0. The predicted molar refractivity (Wildman–Crippen MR) is 47.6 cm³/mol. The van der Waals surface area contributed by atoms with E-state index in [-0.39, 0.29) is 0 Å². The Bertz CT molecular complexity index is 204. The third-order valence-corrected chi connectivity index (χ3v) is 2.69. The highest BCUT2D eigenvalue weighted by atomic mass is 15.0. The van der Waals surface area contributed by atoms with Gasteiger partial charge in [0.2, 0.25) is 0 Å². The molecule has 11 heavy (non-hydrogen) atoms. The summed E-state index contributed by atoms with van der Waals surface area (Å²) in [5, 5.41) is 0. The maximum absolute atomic E-state index is 4.61. The average Bonchev–Trinajstić information content (AvgIpc) is 2.36. The molecule has 1 fully saturated rings. The van der Waals surface area contributed by atoms with Gasteiger partial charge in [-0.05, 0) is 33.1 Å². The Morgan fingerprint density at radius 1 is 1.00 bits per heavy atom. The van der Waals surface area contributed by atoms with Crippen LogP contribution in [0.4, 0.5) is 0 Å². The molecule has 60 valence electrons. The van der Waals surface area contributed by atoms with Crippen molar-refractivity contribution in [2.45, 2.75) is 45.2 Å². The maximum atomic E-state index is 4.61. The molecule has 2 nitrogen and oxygen atoms in total. The van der Waals surface area contributed by atoms with Crippen molar-refractivity contribution < 1.29 is 0 Å². The molecule has 0 aromatic rings. The molecule has 1 aliphatic carbocycles. The Morgan fingerprint density at radius 3 is 1.91 bits per heavy atom. The van der Waals surface area contributed by atoms with Gasteiger partial charge in [-0.1, -0.05) is 0 Å². The summed E-state index contributed by atoms with van der Waals surface area (Å²) in [6, 6.07) is 1.05. The number of aliphatic imine (C=N–C) groups is 2. The van der Waals surface area contributed by atoms with Gasteiger partial charge in [0.1, 0.15) is 0 Å². The third kappa shape index (κ3) is 1.10. The Balaban J connectivity index is 2.26. The zero-order valence-corrected chi connectivity index (χ0v) is 7.17. The summed E-state index contributed by atoms with van der Waals surface area (Å²) in [6.07, 6.45) is 3.81. The predicted octanol–water partition coefficient (Wildman–Crippen LogP) is 1.84. The summed E-state index contributed by atoms with van der Waals surface area (Å²) in [5.41, 5.74) is 2.29. The highest BCUT2D eigenvalue weighted by Gasteiger charge is 2.29. The van der Waals surface area contributed by atoms with E-state index in [1.54, 1.807) is 0 Å². The van der Waals surface area contributed by atoms with E-state index >= 15 is 0 Å². The van der Waals surface area contributed by atoms with E-state index in [0.717, 1.165) is 11.4 Å². The van der Waals surface area contributed by atoms with Gasteiger partial charge in [-0.3, -0.25) is 9.98 Å². The third-order valence-electron chi connectivity index (χ3n) is 2.69. The minimum absolute atomic E-state index is 0.527. The molecule has 2 heteroatoms. The van der Waals surface area contributed by atoms with Crippen LogP contribution in [0.15, 0.2) is 9.98 Å². The molecular formula is C9H14N2. The number of fused-ring (bicyclic) bond motifs is 1. The van der Waals surface area contributed by atoms with Gasteiger partial charge in [0.25, 0.3) is 0 Å². The lowest BCUT2D eigenvalue weighted by Crippen LogP contribution is -2.26. The van der Waals surface area contributed by atoms with Crippen LogP contribution in [0.5, 0.6) is 0 Å². The molecule has 0 saturated heterocycles. The first-order chi connectivity index (χ1) is 5.27. The summed E-state index contributed by atoms with van der Waals surface area (Å²) in [5.74, 6) is 0. The van der Waals surface area contributed by atoms with Gasteiger partial charge in [-0.15, -0.1) is 0 Å². The van der Waals surface area contributed by atoms with Crippen molar-refractivity contribution >= 4 is 11.4 Å². The highest BCUT2D eigenvalue weighted by molar-refractivity contribution is 6.41. The van der Waals surface area contributed by atoms with Crippen LogP contribution in [0.25, 0.3) is 0 Å². The van der Waals surface area contributed by atoms with Crippen LogP contribution in [-0.4, -0.2) is 23.5 Å². The van der Waals surface area contributed by atoms with Crippen LogP contribution in [0.1, 0.15) is 33.1 Å². The van der Waals surface area contributed by atoms with Crippen molar-refractivity contribution in [1.82, 2.24) is 0 Å². The number of hydrogen-bond donors (Lipinski definition) is 0. The Labute approximate surface area is 67.4 Å². The first-order valence-electron chi connectivity index (χ1n) is 4.36. The SMILES string of the molecule is CC1=N[C@H]2CCC[C@@H]2N=C1C. The fraction of sp³-hybridized carbons (Fsp3) is 0.778. The lowest BCUT2D eigenvalue weighted by Gasteiger charge is -2.18. The van der Waals surface area contributed by atoms with E-state index in [4.69, 9.17) is 0 Å². The van der Waals surface area contributed by atoms with Crippen LogP contribution in [0, 0.1) is 0 Å². The Hall–Kier alpha value is -0.660. The molecule has 0 spiro atoms. The van der Waals surface area contributed by atoms with E-state index in [2.05, 4.69) is 23.8 Å². The lowest BCUT2D eigenvalue weighted by atomic mass is 10.1. The maximum Gasteiger partial charge on any atom is 0.0727 e. The quantitative estimate of drug-likeness (QED) is 0.503. The molecule has 0 aromatic carbocycles. The second-order valence-corrected chi connectivity index (χ2v) is 3.49. The normalized spacial score (nSPS) is 36.2. The zero-order chi connectivity index (χ0) is 7.84. The van der Waals surface area contributed by atoms with Gasteiger partial charge in [0, 0.05) is 0 Å². The molecule has 2 rings (SSSR count). The first kappa shape index (κ1) is 7.01. The van der Waals surface area contributed by atoms with Gasteiger partial charge in [0.15, 0.2) is 0 Å². The summed E-state index contributed by atoms with van der Waals surface area (Å²) in [7, 11) is 0. The largest absolute Gasteiger partial charge is 0.283 e. The zero-order valence-electron chi connectivity index (χ0n) is 7.17. The van der Waals surface area contributed by atoms with Crippen molar-refractivity contribution in [3.05, 3.63) is 0 Å². The van der Waals surface area contributed by atoms with Gasteiger partial charge >= 0.3 is 0 Å². The molecule has 1 aliphatic heterocycles. The van der Waals surface area contributed by atoms with Crippen LogP contribution in [0.3, 0.4) is 0 Å². The molecule has 0 unspecified atom stereocenters. The van der Waals surface area contributed by atoms with E-state index in [9.17, 15) is 0 Å². The molecule has 0 radical (unpaired) electrons. The number of rotatable bonds is 0.